The van der Waals surface area contributed by atoms with Crippen molar-refractivity contribution < 1.29 is 8.78 Å². The molecule has 1 aromatic rings. The normalized spacial score (nSPS) is 20.3. The Kier molecular flexibility index (Phi) is 5.31. The molecule has 0 radical (unpaired) electrons. The molecule has 2 rings (SSSR count). The molecule has 0 saturated carbocycles. The van der Waals surface area contributed by atoms with Crippen molar-refractivity contribution >= 4 is 12.4 Å². The molecule has 0 aromatic heterocycles. The van der Waals surface area contributed by atoms with Gasteiger partial charge >= 0.3 is 0 Å². The van der Waals surface area contributed by atoms with Crippen LogP contribution in [0.4, 0.5) is 8.78 Å². The molecular weight excluding hydrogens is 246 g/mol. The molecule has 17 heavy (non-hydrogen) atoms. The van der Waals surface area contributed by atoms with Gasteiger partial charge in [0.05, 0.1) is 0 Å². The Bertz CT molecular complexity index is 374. The Morgan fingerprint density at radius 1 is 1.41 bits per heavy atom. The number of likely N-dealkylation sites (tertiary alicyclic amines) is 1. The number of hydrogen-bond acceptors (Lipinski definition) is 2. The van der Waals surface area contributed by atoms with Crippen LogP contribution in [0.1, 0.15) is 12.0 Å². The summed E-state index contributed by atoms with van der Waals surface area (Å²) in [5.41, 5.74) is 0.441. The average molecular weight is 263 g/mol. The molecule has 1 atom stereocenters. The van der Waals surface area contributed by atoms with Crippen LogP contribution in [-0.4, -0.2) is 31.1 Å². The lowest BCUT2D eigenvalue weighted by Gasteiger charge is -2.16. The molecular formula is C12H17ClF2N2. The van der Waals surface area contributed by atoms with Crippen LogP contribution in [-0.2, 0) is 6.54 Å². The fourth-order valence-electron chi connectivity index (χ4n) is 2.12. The van der Waals surface area contributed by atoms with Gasteiger partial charge in [0.2, 0.25) is 0 Å². The molecule has 96 valence electrons. The second-order valence-corrected chi connectivity index (χ2v) is 4.22. The molecule has 1 aromatic carbocycles. The van der Waals surface area contributed by atoms with Crippen LogP contribution in [0.5, 0.6) is 0 Å². The molecule has 1 unspecified atom stereocenters. The fraction of sp³-hybridized carbons (Fsp3) is 0.500. The Hall–Kier alpha value is -0.710. The number of nitrogens with zero attached hydrogens (tertiary/aromatic N) is 1. The summed E-state index contributed by atoms with van der Waals surface area (Å²) in [7, 11) is 1.93. The Balaban J connectivity index is 0.00000144. The van der Waals surface area contributed by atoms with Crippen LogP contribution in [0.15, 0.2) is 18.2 Å². The van der Waals surface area contributed by atoms with Crippen LogP contribution >= 0.6 is 12.4 Å². The van der Waals surface area contributed by atoms with E-state index in [1.54, 1.807) is 12.1 Å². The predicted octanol–water partition coefficient (Wildman–Crippen LogP) is 2.18. The van der Waals surface area contributed by atoms with Crippen molar-refractivity contribution in [3.8, 4) is 0 Å². The SMILES string of the molecule is CNC1CCN(Cc2cccc(F)c2F)C1.Cl. The molecule has 1 N–H and O–H groups in total. The lowest BCUT2D eigenvalue weighted by atomic mass is 10.2. The molecule has 1 fully saturated rings. The third-order valence-electron chi connectivity index (χ3n) is 3.11. The highest BCUT2D eigenvalue weighted by molar-refractivity contribution is 5.85. The minimum Gasteiger partial charge on any atom is -0.316 e. The smallest absolute Gasteiger partial charge is 0.163 e. The molecule has 5 heteroatoms. The Morgan fingerprint density at radius 2 is 2.18 bits per heavy atom. The highest BCUT2D eigenvalue weighted by Crippen LogP contribution is 2.17. The van der Waals surface area contributed by atoms with E-state index in [1.807, 2.05) is 7.05 Å². The number of halogens is 3. The lowest BCUT2D eigenvalue weighted by molar-refractivity contribution is 0.314. The van der Waals surface area contributed by atoms with Crippen LogP contribution in [0.2, 0.25) is 0 Å². The maximum Gasteiger partial charge on any atom is 0.163 e. The van der Waals surface area contributed by atoms with Gasteiger partial charge in [-0.25, -0.2) is 8.78 Å². The standard InChI is InChI=1S/C12H16F2N2.ClH/c1-15-10-5-6-16(8-10)7-9-3-2-4-11(13)12(9)14;/h2-4,10,15H,5-8H2,1H3;1H. The second kappa shape index (κ2) is 6.28. The number of hydrogen-bond donors (Lipinski definition) is 1. The first kappa shape index (κ1) is 14.4. The molecule has 0 spiro atoms. The van der Waals surface area contributed by atoms with Gasteiger partial charge in [0.25, 0.3) is 0 Å². The Morgan fingerprint density at radius 3 is 2.82 bits per heavy atom. The van der Waals surface area contributed by atoms with Gasteiger partial charge in [-0.2, -0.15) is 0 Å². The third kappa shape index (κ3) is 3.37. The summed E-state index contributed by atoms with van der Waals surface area (Å²) in [6, 6.07) is 4.82. The number of nitrogens with one attached hydrogen (secondary N) is 1. The topological polar surface area (TPSA) is 15.3 Å². The van der Waals surface area contributed by atoms with E-state index in [-0.39, 0.29) is 12.4 Å². The number of benzene rings is 1. The molecule has 0 aliphatic carbocycles. The van der Waals surface area contributed by atoms with Crippen molar-refractivity contribution in [3.05, 3.63) is 35.4 Å². The van der Waals surface area contributed by atoms with Gasteiger partial charge in [-0.3, -0.25) is 4.90 Å². The fourth-order valence-corrected chi connectivity index (χ4v) is 2.12. The van der Waals surface area contributed by atoms with Crippen molar-refractivity contribution in [1.82, 2.24) is 10.2 Å². The molecule has 2 nitrogen and oxygen atoms in total. The molecule has 1 aliphatic rings. The Labute approximate surface area is 106 Å². The summed E-state index contributed by atoms with van der Waals surface area (Å²) in [5, 5.41) is 3.20. The van der Waals surface area contributed by atoms with Crippen molar-refractivity contribution in [2.24, 2.45) is 0 Å². The van der Waals surface area contributed by atoms with Gasteiger partial charge in [0.1, 0.15) is 0 Å². The largest absolute Gasteiger partial charge is 0.316 e. The quantitative estimate of drug-likeness (QED) is 0.898. The minimum atomic E-state index is -0.762. The van der Waals surface area contributed by atoms with Gasteiger partial charge in [0, 0.05) is 31.2 Å². The van der Waals surface area contributed by atoms with Crippen LogP contribution in [0.3, 0.4) is 0 Å². The highest BCUT2D eigenvalue weighted by atomic mass is 35.5. The van der Waals surface area contributed by atoms with Crippen molar-refractivity contribution in [3.63, 3.8) is 0 Å². The van der Waals surface area contributed by atoms with Crippen LogP contribution in [0.25, 0.3) is 0 Å². The van der Waals surface area contributed by atoms with E-state index in [4.69, 9.17) is 0 Å². The summed E-state index contributed by atoms with van der Waals surface area (Å²) in [6.45, 7) is 2.32. The number of rotatable bonds is 3. The second-order valence-electron chi connectivity index (χ2n) is 4.22. The van der Waals surface area contributed by atoms with Crippen LogP contribution in [0, 0.1) is 11.6 Å². The van der Waals surface area contributed by atoms with Gasteiger partial charge < -0.3 is 5.32 Å². The zero-order valence-electron chi connectivity index (χ0n) is 9.75. The van der Waals surface area contributed by atoms with E-state index >= 15 is 0 Å². The van der Waals surface area contributed by atoms with Gasteiger partial charge in [-0.05, 0) is 19.5 Å². The average Bonchev–Trinajstić information content (AvgIpc) is 2.73. The van der Waals surface area contributed by atoms with E-state index in [0.29, 0.717) is 18.2 Å². The predicted molar refractivity (Wildman–Crippen MR) is 66.3 cm³/mol. The summed E-state index contributed by atoms with van der Waals surface area (Å²) in [4.78, 5) is 2.14. The minimum absolute atomic E-state index is 0. The lowest BCUT2D eigenvalue weighted by Crippen LogP contribution is -2.29. The van der Waals surface area contributed by atoms with Crippen LogP contribution < -0.4 is 5.32 Å². The third-order valence-corrected chi connectivity index (χ3v) is 3.11. The monoisotopic (exact) mass is 262 g/mol. The zero-order valence-corrected chi connectivity index (χ0v) is 10.6. The van der Waals surface area contributed by atoms with E-state index in [2.05, 4.69) is 10.2 Å². The molecule has 1 heterocycles. The molecule has 0 bridgehead atoms. The zero-order chi connectivity index (χ0) is 11.5. The maximum atomic E-state index is 13.4. The molecule has 0 amide bonds. The van der Waals surface area contributed by atoms with Gasteiger partial charge in [-0.1, -0.05) is 12.1 Å². The summed E-state index contributed by atoms with van der Waals surface area (Å²) in [5.74, 6) is -1.47. The van der Waals surface area contributed by atoms with Gasteiger partial charge in [0.15, 0.2) is 11.6 Å². The van der Waals surface area contributed by atoms with Crippen molar-refractivity contribution in [2.75, 3.05) is 20.1 Å². The van der Waals surface area contributed by atoms with Crippen molar-refractivity contribution in [2.45, 2.75) is 19.0 Å². The summed E-state index contributed by atoms with van der Waals surface area (Å²) >= 11 is 0. The first-order valence-electron chi connectivity index (χ1n) is 5.53. The van der Waals surface area contributed by atoms with E-state index in [9.17, 15) is 8.78 Å². The maximum absolute atomic E-state index is 13.4. The molecule has 1 aliphatic heterocycles. The van der Waals surface area contributed by atoms with Gasteiger partial charge in [-0.15, -0.1) is 12.4 Å². The van der Waals surface area contributed by atoms with E-state index < -0.39 is 11.6 Å². The summed E-state index contributed by atoms with van der Waals surface area (Å²) in [6.07, 6.45) is 1.06. The highest BCUT2D eigenvalue weighted by Gasteiger charge is 2.22. The molecule has 1 saturated heterocycles. The summed E-state index contributed by atoms with van der Waals surface area (Å²) < 4.78 is 26.4. The first-order chi connectivity index (χ1) is 7.70. The van der Waals surface area contributed by atoms with E-state index in [1.165, 1.54) is 0 Å². The first-order valence-corrected chi connectivity index (χ1v) is 5.53. The van der Waals surface area contributed by atoms with Crippen molar-refractivity contribution in [1.29, 1.82) is 0 Å². The van der Waals surface area contributed by atoms with E-state index in [0.717, 1.165) is 25.6 Å². The number of likely N-dealkylation sites (N-methyl/N-ethyl adjacent to an activating group) is 1.